The van der Waals surface area contributed by atoms with Crippen molar-refractivity contribution in [3.8, 4) is 0 Å². The monoisotopic (exact) mass is 335 g/mol. The van der Waals surface area contributed by atoms with Crippen LogP contribution in [0, 0.1) is 5.92 Å². The van der Waals surface area contributed by atoms with Crippen LogP contribution >= 0.6 is 11.6 Å². The van der Waals surface area contributed by atoms with Gasteiger partial charge in [-0.3, -0.25) is 9.59 Å². The summed E-state index contributed by atoms with van der Waals surface area (Å²) in [4.78, 5) is 26.3. The van der Waals surface area contributed by atoms with Gasteiger partial charge in [-0.15, -0.1) is 0 Å². The van der Waals surface area contributed by atoms with Crippen molar-refractivity contribution in [1.29, 1.82) is 0 Å². The Morgan fingerprint density at radius 2 is 1.78 bits per heavy atom. The molecule has 2 aliphatic rings. The third-order valence-corrected chi connectivity index (χ3v) is 5.57. The molecule has 1 N–H and O–H groups in total. The number of halogens is 1. The molecule has 0 bridgehead atoms. The largest absolute Gasteiger partial charge is 0.481 e. The van der Waals surface area contributed by atoms with Crippen molar-refractivity contribution in [1.82, 2.24) is 4.90 Å². The molecule has 1 saturated carbocycles. The van der Waals surface area contributed by atoms with Gasteiger partial charge in [0, 0.05) is 18.1 Å². The average molecular weight is 336 g/mol. The Labute approximate surface area is 141 Å². The van der Waals surface area contributed by atoms with Gasteiger partial charge in [-0.25, -0.2) is 0 Å². The summed E-state index contributed by atoms with van der Waals surface area (Å²) < 4.78 is 0. The molecular weight excluding hydrogens is 314 g/mol. The topological polar surface area (TPSA) is 57.6 Å². The third-order valence-electron chi connectivity index (χ3n) is 5.32. The first-order valence-electron chi connectivity index (χ1n) is 8.31. The molecule has 1 aromatic carbocycles. The van der Waals surface area contributed by atoms with Crippen LogP contribution in [0.1, 0.15) is 44.1 Å². The van der Waals surface area contributed by atoms with Gasteiger partial charge in [0.2, 0.25) is 5.91 Å². The molecule has 1 amide bonds. The molecule has 0 spiro atoms. The van der Waals surface area contributed by atoms with E-state index in [9.17, 15) is 14.7 Å². The predicted octanol–water partition coefficient (Wildman–Crippen LogP) is 3.48. The van der Waals surface area contributed by atoms with Crippen LogP contribution in [0.5, 0.6) is 0 Å². The standard InChI is InChI=1S/C18H22ClNO3/c19-15-7-5-14(6-8-15)18(9-1-2-10-18)17(23)20-11-3-4-13(12-20)16(21)22/h5-8,13H,1-4,9-12H2,(H,21,22)/t13-/m0/s1. The number of aliphatic carboxylic acids is 1. The minimum absolute atomic E-state index is 0.100. The van der Waals surface area contributed by atoms with Crippen molar-refractivity contribution in [3.05, 3.63) is 34.9 Å². The molecule has 2 fully saturated rings. The van der Waals surface area contributed by atoms with Crippen LogP contribution in [0.15, 0.2) is 24.3 Å². The number of nitrogens with zero attached hydrogens (tertiary/aromatic N) is 1. The molecular formula is C18H22ClNO3. The normalized spacial score (nSPS) is 23.7. The van der Waals surface area contributed by atoms with Crippen molar-refractivity contribution in [2.45, 2.75) is 43.9 Å². The quantitative estimate of drug-likeness (QED) is 0.920. The van der Waals surface area contributed by atoms with E-state index in [-0.39, 0.29) is 5.91 Å². The average Bonchev–Trinajstić information content (AvgIpc) is 3.06. The Morgan fingerprint density at radius 1 is 1.13 bits per heavy atom. The highest BCUT2D eigenvalue weighted by atomic mass is 35.5. The maximum Gasteiger partial charge on any atom is 0.308 e. The Hall–Kier alpha value is -1.55. The lowest BCUT2D eigenvalue weighted by Gasteiger charge is -2.38. The fourth-order valence-electron chi connectivity index (χ4n) is 4.04. The predicted molar refractivity (Wildman–Crippen MR) is 88.5 cm³/mol. The number of carbonyl (C=O) groups excluding carboxylic acids is 1. The van der Waals surface area contributed by atoms with Gasteiger partial charge in [0.15, 0.2) is 0 Å². The van der Waals surface area contributed by atoms with Crippen LogP contribution in [0.3, 0.4) is 0 Å². The molecule has 0 radical (unpaired) electrons. The van der Waals surface area contributed by atoms with E-state index in [0.717, 1.165) is 37.7 Å². The van der Waals surface area contributed by atoms with E-state index in [1.165, 1.54) is 0 Å². The van der Waals surface area contributed by atoms with E-state index < -0.39 is 17.3 Å². The number of rotatable bonds is 3. The first-order valence-corrected chi connectivity index (χ1v) is 8.69. The molecule has 1 aliphatic carbocycles. The van der Waals surface area contributed by atoms with Crippen molar-refractivity contribution in [2.24, 2.45) is 5.92 Å². The summed E-state index contributed by atoms with van der Waals surface area (Å²) in [6, 6.07) is 7.56. The number of likely N-dealkylation sites (tertiary alicyclic amines) is 1. The second-order valence-electron chi connectivity index (χ2n) is 6.72. The van der Waals surface area contributed by atoms with Crippen molar-refractivity contribution in [2.75, 3.05) is 13.1 Å². The molecule has 0 aromatic heterocycles. The van der Waals surface area contributed by atoms with E-state index in [1.807, 2.05) is 24.3 Å². The Kier molecular flexibility index (Phi) is 4.62. The summed E-state index contributed by atoms with van der Waals surface area (Å²) in [6.45, 7) is 1.00. The molecule has 0 unspecified atom stereocenters. The van der Waals surface area contributed by atoms with E-state index in [0.29, 0.717) is 24.5 Å². The zero-order chi connectivity index (χ0) is 16.4. The van der Waals surface area contributed by atoms with Crippen LogP contribution < -0.4 is 0 Å². The van der Waals surface area contributed by atoms with Gasteiger partial charge < -0.3 is 10.0 Å². The number of hydrogen-bond acceptors (Lipinski definition) is 2. The summed E-state index contributed by atoms with van der Waals surface area (Å²) in [6.07, 6.45) is 5.16. The zero-order valence-electron chi connectivity index (χ0n) is 13.1. The fourth-order valence-corrected chi connectivity index (χ4v) is 4.17. The number of amides is 1. The lowest BCUT2D eigenvalue weighted by Crippen LogP contribution is -2.50. The van der Waals surface area contributed by atoms with E-state index >= 15 is 0 Å². The minimum atomic E-state index is -0.797. The van der Waals surface area contributed by atoms with Crippen molar-refractivity contribution in [3.63, 3.8) is 0 Å². The van der Waals surface area contributed by atoms with E-state index in [4.69, 9.17) is 11.6 Å². The molecule has 1 atom stereocenters. The van der Waals surface area contributed by atoms with Crippen LogP contribution in [-0.2, 0) is 15.0 Å². The summed E-state index contributed by atoms with van der Waals surface area (Å²) in [7, 11) is 0. The second-order valence-corrected chi connectivity index (χ2v) is 7.16. The molecule has 23 heavy (non-hydrogen) atoms. The van der Waals surface area contributed by atoms with Crippen molar-refractivity contribution < 1.29 is 14.7 Å². The molecule has 5 heteroatoms. The number of carboxylic acid groups (broad SMARTS) is 1. The lowest BCUT2D eigenvalue weighted by molar-refractivity contribution is -0.147. The maximum atomic E-state index is 13.3. The van der Waals surface area contributed by atoms with E-state index in [1.54, 1.807) is 4.90 Å². The number of benzene rings is 1. The smallest absolute Gasteiger partial charge is 0.308 e. The zero-order valence-corrected chi connectivity index (χ0v) is 13.9. The van der Waals surface area contributed by atoms with Gasteiger partial charge in [-0.2, -0.15) is 0 Å². The van der Waals surface area contributed by atoms with Crippen molar-refractivity contribution >= 4 is 23.5 Å². The number of carboxylic acids is 1. The van der Waals surface area contributed by atoms with Gasteiger partial charge in [0.1, 0.15) is 0 Å². The van der Waals surface area contributed by atoms with Gasteiger partial charge in [0.25, 0.3) is 0 Å². The Balaban J connectivity index is 1.87. The first-order chi connectivity index (χ1) is 11.0. The molecule has 1 saturated heterocycles. The Morgan fingerprint density at radius 3 is 2.39 bits per heavy atom. The van der Waals surface area contributed by atoms with Gasteiger partial charge in [-0.1, -0.05) is 36.6 Å². The highest BCUT2D eigenvalue weighted by Gasteiger charge is 2.46. The summed E-state index contributed by atoms with van der Waals surface area (Å²) in [5.41, 5.74) is 0.521. The number of hydrogen-bond donors (Lipinski definition) is 1. The van der Waals surface area contributed by atoms with Crippen LogP contribution in [0.2, 0.25) is 5.02 Å². The highest BCUT2D eigenvalue weighted by Crippen LogP contribution is 2.43. The second kappa shape index (κ2) is 6.52. The molecule has 3 rings (SSSR count). The van der Waals surface area contributed by atoms with Crippen LogP contribution in [0.4, 0.5) is 0 Å². The lowest BCUT2D eigenvalue weighted by atomic mass is 9.77. The van der Waals surface area contributed by atoms with Gasteiger partial charge >= 0.3 is 5.97 Å². The molecule has 1 aliphatic heterocycles. The van der Waals surface area contributed by atoms with Crippen LogP contribution in [-0.4, -0.2) is 35.0 Å². The SMILES string of the molecule is O=C(O)[C@H]1CCCN(C(=O)C2(c3ccc(Cl)cc3)CCCC2)C1. The van der Waals surface area contributed by atoms with E-state index in [2.05, 4.69) is 0 Å². The van der Waals surface area contributed by atoms with Gasteiger partial charge in [-0.05, 0) is 43.4 Å². The first kappa shape index (κ1) is 16.3. The summed E-state index contributed by atoms with van der Waals surface area (Å²) >= 11 is 5.99. The molecule has 1 aromatic rings. The molecule has 4 nitrogen and oxygen atoms in total. The summed E-state index contributed by atoms with van der Waals surface area (Å²) in [5.74, 6) is -1.13. The minimum Gasteiger partial charge on any atom is -0.481 e. The fraction of sp³-hybridized carbons (Fsp3) is 0.556. The highest BCUT2D eigenvalue weighted by molar-refractivity contribution is 6.30. The number of carbonyl (C=O) groups is 2. The Bertz CT molecular complexity index is 593. The maximum absolute atomic E-state index is 13.3. The van der Waals surface area contributed by atoms with Gasteiger partial charge in [0.05, 0.1) is 11.3 Å². The molecule has 1 heterocycles. The number of piperidine rings is 1. The molecule has 124 valence electrons. The van der Waals surface area contributed by atoms with Crippen LogP contribution in [0.25, 0.3) is 0 Å². The third kappa shape index (κ3) is 3.09. The summed E-state index contributed by atoms with van der Waals surface area (Å²) in [5, 5.41) is 9.93.